The summed E-state index contributed by atoms with van der Waals surface area (Å²) in [4.78, 5) is 0. The molecular formula is C8H6Cl2S. The molecule has 0 aromatic heterocycles. The van der Waals surface area contributed by atoms with Gasteiger partial charge >= 0.3 is 0 Å². The maximum Gasteiger partial charge on any atom is 0.0426 e. The quantitative estimate of drug-likeness (QED) is 0.660. The third-order valence-electron chi connectivity index (χ3n) is 1.15. The first-order chi connectivity index (χ1) is 5.22. The summed E-state index contributed by atoms with van der Waals surface area (Å²) in [5, 5.41) is 2.92. The summed E-state index contributed by atoms with van der Waals surface area (Å²) < 4.78 is 0. The molecule has 0 aliphatic heterocycles. The Morgan fingerprint density at radius 1 is 1.09 bits per heavy atom. The molecular weight excluding hydrogens is 199 g/mol. The van der Waals surface area contributed by atoms with Gasteiger partial charge in [-0.15, -0.1) is 0 Å². The minimum atomic E-state index is 0.638. The molecule has 0 amide bonds. The van der Waals surface area contributed by atoms with Crippen molar-refractivity contribution in [3.63, 3.8) is 0 Å². The second kappa shape index (κ2) is 4.05. The maximum atomic E-state index is 5.74. The van der Waals surface area contributed by atoms with Crippen LogP contribution in [0.4, 0.5) is 0 Å². The second-order valence-electron chi connectivity index (χ2n) is 2.02. The molecule has 0 fully saturated rings. The molecule has 0 nitrogen and oxygen atoms in total. The van der Waals surface area contributed by atoms with Crippen LogP contribution in [0.5, 0.6) is 0 Å². The van der Waals surface area contributed by atoms with Crippen molar-refractivity contribution in [1.29, 1.82) is 0 Å². The molecule has 0 spiro atoms. The lowest BCUT2D eigenvalue weighted by Gasteiger charge is -1.95. The average molecular weight is 205 g/mol. The van der Waals surface area contributed by atoms with E-state index in [1.807, 2.05) is 18.2 Å². The summed E-state index contributed by atoms with van der Waals surface area (Å²) in [6.45, 7) is 0. The van der Waals surface area contributed by atoms with Crippen LogP contribution in [-0.2, 0) is 0 Å². The van der Waals surface area contributed by atoms with E-state index in [2.05, 4.69) is 12.6 Å². The van der Waals surface area contributed by atoms with Crippen molar-refractivity contribution in [1.82, 2.24) is 0 Å². The fraction of sp³-hybridized carbons (Fsp3) is 0. The minimum absolute atomic E-state index is 0.638. The fourth-order valence-corrected chi connectivity index (χ4v) is 1.47. The highest BCUT2D eigenvalue weighted by Gasteiger charge is 1.93. The number of benzene rings is 1. The Hall–Kier alpha value is -0.110. The first-order valence-corrected chi connectivity index (χ1v) is 4.26. The van der Waals surface area contributed by atoms with E-state index in [-0.39, 0.29) is 0 Å². The first-order valence-electron chi connectivity index (χ1n) is 2.99. The Morgan fingerprint density at radius 2 is 1.64 bits per heavy atom. The van der Waals surface area contributed by atoms with Crippen LogP contribution in [0.1, 0.15) is 5.56 Å². The molecule has 0 atom stereocenters. The molecule has 0 aliphatic carbocycles. The van der Waals surface area contributed by atoms with Gasteiger partial charge in [-0.1, -0.05) is 23.2 Å². The number of hydrogen-bond donors (Lipinski definition) is 1. The Kier molecular flexibility index (Phi) is 3.31. The molecule has 1 rings (SSSR count). The lowest BCUT2D eigenvalue weighted by Crippen LogP contribution is -1.71. The molecule has 0 unspecified atom stereocenters. The fourth-order valence-electron chi connectivity index (χ4n) is 0.757. The molecule has 0 N–H and O–H groups in total. The van der Waals surface area contributed by atoms with Crippen molar-refractivity contribution in [3.8, 4) is 0 Å². The van der Waals surface area contributed by atoms with Gasteiger partial charge < -0.3 is 0 Å². The maximum absolute atomic E-state index is 5.74. The summed E-state index contributed by atoms with van der Waals surface area (Å²) in [6.07, 6.45) is 1.82. The number of halogens is 2. The van der Waals surface area contributed by atoms with E-state index in [0.717, 1.165) is 5.56 Å². The highest BCUT2D eigenvalue weighted by Crippen LogP contribution is 2.19. The molecule has 1 aromatic carbocycles. The zero-order valence-corrected chi connectivity index (χ0v) is 8.00. The van der Waals surface area contributed by atoms with Crippen molar-refractivity contribution in [3.05, 3.63) is 39.2 Å². The van der Waals surface area contributed by atoms with Crippen LogP contribution in [0.15, 0.2) is 23.6 Å². The van der Waals surface area contributed by atoms with Gasteiger partial charge in [0.05, 0.1) is 0 Å². The predicted molar refractivity (Wildman–Crippen MR) is 54.5 cm³/mol. The van der Waals surface area contributed by atoms with Gasteiger partial charge in [0.1, 0.15) is 0 Å². The van der Waals surface area contributed by atoms with Gasteiger partial charge in [0.2, 0.25) is 0 Å². The van der Waals surface area contributed by atoms with Crippen LogP contribution in [0.2, 0.25) is 10.0 Å². The molecule has 1 aromatic rings. The summed E-state index contributed by atoms with van der Waals surface area (Å²) in [5.74, 6) is 0. The second-order valence-corrected chi connectivity index (χ2v) is 3.19. The van der Waals surface area contributed by atoms with Crippen LogP contribution in [-0.4, -0.2) is 0 Å². The van der Waals surface area contributed by atoms with Gasteiger partial charge in [0.15, 0.2) is 0 Å². The Labute approximate surface area is 81.2 Å². The topological polar surface area (TPSA) is 0 Å². The number of thiol groups is 1. The van der Waals surface area contributed by atoms with E-state index in [9.17, 15) is 0 Å². The van der Waals surface area contributed by atoms with Crippen LogP contribution >= 0.6 is 35.8 Å². The van der Waals surface area contributed by atoms with Crippen molar-refractivity contribution >= 4 is 41.9 Å². The SMILES string of the molecule is S/C=C/c1cc(Cl)cc(Cl)c1. The van der Waals surface area contributed by atoms with Crippen LogP contribution < -0.4 is 0 Å². The van der Waals surface area contributed by atoms with Crippen LogP contribution in [0.3, 0.4) is 0 Å². The lowest BCUT2D eigenvalue weighted by molar-refractivity contribution is 1.66. The zero-order chi connectivity index (χ0) is 8.27. The molecule has 0 saturated heterocycles. The molecule has 0 aliphatic rings. The van der Waals surface area contributed by atoms with Gasteiger partial charge in [0, 0.05) is 10.0 Å². The van der Waals surface area contributed by atoms with Gasteiger partial charge in [-0.3, -0.25) is 0 Å². The summed E-state index contributed by atoms with van der Waals surface area (Å²) in [5.41, 5.74) is 0.956. The first kappa shape index (κ1) is 8.98. The van der Waals surface area contributed by atoms with Crippen molar-refractivity contribution < 1.29 is 0 Å². The van der Waals surface area contributed by atoms with E-state index in [1.54, 1.807) is 11.5 Å². The van der Waals surface area contributed by atoms with Gasteiger partial charge in [0.25, 0.3) is 0 Å². The average Bonchev–Trinajstić information content (AvgIpc) is 1.85. The van der Waals surface area contributed by atoms with Gasteiger partial charge in [-0.05, 0) is 35.2 Å². The van der Waals surface area contributed by atoms with Crippen molar-refractivity contribution in [2.45, 2.75) is 0 Å². The normalized spacial score (nSPS) is 10.8. The van der Waals surface area contributed by atoms with Gasteiger partial charge in [-0.2, -0.15) is 12.6 Å². The van der Waals surface area contributed by atoms with Crippen LogP contribution in [0, 0.1) is 0 Å². The Morgan fingerprint density at radius 3 is 2.09 bits per heavy atom. The zero-order valence-electron chi connectivity index (χ0n) is 5.59. The number of rotatable bonds is 1. The molecule has 3 heteroatoms. The Bertz CT molecular complexity index is 261. The van der Waals surface area contributed by atoms with E-state index in [4.69, 9.17) is 23.2 Å². The lowest BCUT2D eigenvalue weighted by atomic mass is 10.2. The van der Waals surface area contributed by atoms with Crippen molar-refractivity contribution in [2.75, 3.05) is 0 Å². The molecule has 58 valence electrons. The third-order valence-corrected chi connectivity index (χ3v) is 1.74. The highest BCUT2D eigenvalue weighted by atomic mass is 35.5. The highest BCUT2D eigenvalue weighted by molar-refractivity contribution is 7.83. The number of hydrogen-bond acceptors (Lipinski definition) is 1. The molecule has 0 radical (unpaired) electrons. The van der Waals surface area contributed by atoms with E-state index in [0.29, 0.717) is 10.0 Å². The third kappa shape index (κ3) is 2.78. The standard InChI is InChI=1S/C8H6Cl2S/c9-7-3-6(1-2-11)4-8(10)5-7/h1-5,11H/b2-1+. The van der Waals surface area contributed by atoms with E-state index < -0.39 is 0 Å². The molecule has 0 bridgehead atoms. The largest absolute Gasteiger partial charge is 0.151 e. The Balaban J connectivity index is 3.08. The molecule has 11 heavy (non-hydrogen) atoms. The predicted octanol–water partition coefficient (Wildman–Crippen LogP) is 3.89. The van der Waals surface area contributed by atoms with Crippen LogP contribution in [0.25, 0.3) is 6.08 Å². The minimum Gasteiger partial charge on any atom is -0.151 e. The van der Waals surface area contributed by atoms with E-state index >= 15 is 0 Å². The summed E-state index contributed by atoms with van der Waals surface area (Å²) in [6, 6.07) is 5.33. The molecule has 0 heterocycles. The van der Waals surface area contributed by atoms with Gasteiger partial charge in [-0.25, -0.2) is 0 Å². The summed E-state index contributed by atoms with van der Waals surface area (Å²) >= 11 is 15.4. The van der Waals surface area contributed by atoms with E-state index in [1.165, 1.54) is 0 Å². The van der Waals surface area contributed by atoms with Crippen molar-refractivity contribution in [2.24, 2.45) is 0 Å². The monoisotopic (exact) mass is 204 g/mol. The smallest absolute Gasteiger partial charge is 0.0426 e. The molecule has 0 saturated carbocycles. The summed E-state index contributed by atoms with van der Waals surface area (Å²) in [7, 11) is 0.